The lowest BCUT2D eigenvalue weighted by atomic mass is 10.1. The van der Waals surface area contributed by atoms with Gasteiger partial charge in [-0.25, -0.2) is 13.0 Å². The van der Waals surface area contributed by atoms with Crippen molar-refractivity contribution in [2.75, 3.05) is 5.84 Å². The number of nitrogens with two attached hydrogens (primary N) is 1. The minimum absolute atomic E-state index is 0.0851. The third kappa shape index (κ3) is 4.30. The quantitative estimate of drug-likeness (QED) is 0.480. The Morgan fingerprint density at radius 3 is 1.86 bits per heavy atom. The Hall–Kier alpha value is -1.86. The fourth-order valence-electron chi connectivity index (χ4n) is 2.13. The van der Waals surface area contributed by atoms with Gasteiger partial charge in [0.2, 0.25) is 0 Å². The Balaban J connectivity index is 0.000000235. The van der Waals surface area contributed by atoms with Crippen LogP contribution in [-0.2, 0) is 17.2 Å². The number of hydrogen-bond donors (Lipinski definition) is 1. The average molecular weight is 311 g/mol. The molecular weight excluding hydrogens is 290 g/mol. The maximum atomic E-state index is 10.8. The van der Waals surface area contributed by atoms with Gasteiger partial charge in [0.05, 0.1) is 11.9 Å². The molecule has 0 amide bonds. The van der Waals surface area contributed by atoms with E-state index < -0.39 is 10.1 Å². The number of nitrogens with zero attached hydrogens (tertiary/aromatic N) is 2. The predicted molar refractivity (Wildman–Crippen MR) is 79.1 cm³/mol. The highest BCUT2D eigenvalue weighted by Gasteiger charge is 2.09. The first-order chi connectivity index (χ1) is 9.54. The lowest BCUT2D eigenvalue weighted by Crippen LogP contribution is -2.31. The lowest BCUT2D eigenvalue weighted by molar-refractivity contribution is -0.677. The third-order valence-electron chi connectivity index (χ3n) is 3.19. The second-order valence-electron chi connectivity index (χ2n) is 5.05. The standard InChI is InChI=1S/C9H12O3S.C5H10N3/c1-6-4-7(2)9(8(3)5-6)13(10,11)12;1-5-7(2)3-4-8(5)6/h4-5H,1-3H3,(H,10,11,12);3-4H,6H2,1-2H3/q;+1/p-1. The van der Waals surface area contributed by atoms with Gasteiger partial charge in [-0.05, 0) is 31.9 Å². The molecule has 0 aliphatic heterocycles. The van der Waals surface area contributed by atoms with Gasteiger partial charge < -0.3 is 4.55 Å². The average Bonchev–Trinajstić information content (AvgIpc) is 2.58. The molecule has 7 heteroatoms. The van der Waals surface area contributed by atoms with E-state index in [1.807, 2.05) is 37.9 Å². The van der Waals surface area contributed by atoms with Crippen molar-refractivity contribution in [3.8, 4) is 0 Å². The van der Waals surface area contributed by atoms with Gasteiger partial charge in [0.25, 0.3) is 5.82 Å². The first-order valence-corrected chi connectivity index (χ1v) is 7.77. The molecule has 0 bridgehead atoms. The third-order valence-corrected chi connectivity index (χ3v) is 4.33. The van der Waals surface area contributed by atoms with Crippen molar-refractivity contribution in [1.29, 1.82) is 0 Å². The van der Waals surface area contributed by atoms with Gasteiger partial charge in [-0.15, -0.1) is 4.68 Å². The van der Waals surface area contributed by atoms with Crippen LogP contribution in [-0.4, -0.2) is 17.6 Å². The Bertz CT molecular complexity index is 706. The second-order valence-corrected chi connectivity index (χ2v) is 6.36. The maximum absolute atomic E-state index is 10.8. The van der Waals surface area contributed by atoms with Gasteiger partial charge in [0, 0.05) is 6.92 Å². The Morgan fingerprint density at radius 2 is 1.62 bits per heavy atom. The monoisotopic (exact) mass is 311 g/mol. The van der Waals surface area contributed by atoms with Gasteiger partial charge in [-0.3, -0.25) is 5.84 Å². The van der Waals surface area contributed by atoms with Crippen LogP contribution in [0.5, 0.6) is 0 Å². The van der Waals surface area contributed by atoms with Crippen LogP contribution in [0.2, 0.25) is 0 Å². The van der Waals surface area contributed by atoms with E-state index in [-0.39, 0.29) is 4.90 Å². The fourth-order valence-corrected chi connectivity index (χ4v) is 3.04. The van der Waals surface area contributed by atoms with Crippen molar-refractivity contribution in [3.63, 3.8) is 0 Å². The Labute approximate surface area is 125 Å². The molecule has 0 atom stereocenters. The Morgan fingerprint density at radius 1 is 1.14 bits per heavy atom. The van der Waals surface area contributed by atoms with Crippen molar-refractivity contribution >= 4 is 10.1 Å². The number of rotatable bonds is 1. The predicted octanol–water partition coefficient (Wildman–Crippen LogP) is 0.851. The minimum Gasteiger partial charge on any atom is -0.744 e. The van der Waals surface area contributed by atoms with E-state index in [1.165, 1.54) is 0 Å². The molecule has 21 heavy (non-hydrogen) atoms. The van der Waals surface area contributed by atoms with E-state index in [4.69, 9.17) is 5.84 Å². The summed E-state index contributed by atoms with van der Waals surface area (Å²) in [7, 11) is -2.37. The zero-order valence-electron chi connectivity index (χ0n) is 12.9. The van der Waals surface area contributed by atoms with Gasteiger partial charge in [0.1, 0.15) is 16.3 Å². The highest BCUT2D eigenvalue weighted by Crippen LogP contribution is 2.20. The molecule has 1 aromatic heterocycles. The van der Waals surface area contributed by atoms with Crippen molar-refractivity contribution < 1.29 is 17.5 Å². The van der Waals surface area contributed by atoms with E-state index in [0.717, 1.165) is 11.4 Å². The largest absolute Gasteiger partial charge is 0.744 e. The summed E-state index contributed by atoms with van der Waals surface area (Å²) < 4.78 is 36.0. The van der Waals surface area contributed by atoms with Crippen LogP contribution in [0.1, 0.15) is 22.5 Å². The van der Waals surface area contributed by atoms with E-state index in [1.54, 1.807) is 30.7 Å². The van der Waals surface area contributed by atoms with E-state index in [0.29, 0.717) is 11.1 Å². The molecule has 0 aliphatic rings. The lowest BCUT2D eigenvalue weighted by Gasteiger charge is -2.14. The number of benzene rings is 1. The van der Waals surface area contributed by atoms with Crippen molar-refractivity contribution in [3.05, 3.63) is 47.0 Å². The minimum atomic E-state index is -4.33. The molecule has 116 valence electrons. The van der Waals surface area contributed by atoms with Crippen LogP contribution in [0, 0.1) is 27.7 Å². The molecule has 0 fully saturated rings. The summed E-state index contributed by atoms with van der Waals surface area (Å²) in [5.74, 6) is 6.48. The summed E-state index contributed by atoms with van der Waals surface area (Å²) in [4.78, 5) is -0.0851. The summed E-state index contributed by atoms with van der Waals surface area (Å²) in [6.45, 7) is 7.08. The van der Waals surface area contributed by atoms with Crippen LogP contribution in [0.15, 0.2) is 29.4 Å². The molecule has 0 aliphatic carbocycles. The van der Waals surface area contributed by atoms with Crippen molar-refractivity contribution in [1.82, 2.24) is 4.68 Å². The molecule has 2 rings (SSSR count). The highest BCUT2D eigenvalue weighted by atomic mass is 32.2. The van der Waals surface area contributed by atoms with Gasteiger partial charge >= 0.3 is 0 Å². The summed E-state index contributed by atoms with van der Waals surface area (Å²) >= 11 is 0. The summed E-state index contributed by atoms with van der Waals surface area (Å²) in [6.07, 6.45) is 3.73. The molecule has 1 heterocycles. The SMILES string of the molecule is Cc1cc(C)c(S(=O)(=O)[O-])c(C)c1.Cc1n(N)cc[n+]1C. The molecular formula is C14H21N3O3S. The first kappa shape index (κ1) is 17.2. The van der Waals surface area contributed by atoms with Crippen LogP contribution in [0.4, 0.5) is 0 Å². The van der Waals surface area contributed by atoms with E-state index in [9.17, 15) is 13.0 Å². The second kappa shape index (κ2) is 6.28. The zero-order valence-corrected chi connectivity index (χ0v) is 13.7. The number of imidazole rings is 1. The van der Waals surface area contributed by atoms with E-state index >= 15 is 0 Å². The molecule has 1 aromatic carbocycles. The van der Waals surface area contributed by atoms with Crippen LogP contribution >= 0.6 is 0 Å². The van der Waals surface area contributed by atoms with Crippen molar-refractivity contribution in [2.24, 2.45) is 7.05 Å². The smallest absolute Gasteiger partial charge is 0.276 e. The highest BCUT2D eigenvalue weighted by molar-refractivity contribution is 7.85. The van der Waals surface area contributed by atoms with Crippen LogP contribution in [0.3, 0.4) is 0 Å². The van der Waals surface area contributed by atoms with Crippen molar-refractivity contribution in [2.45, 2.75) is 32.6 Å². The van der Waals surface area contributed by atoms with Crippen LogP contribution < -0.4 is 10.4 Å². The first-order valence-electron chi connectivity index (χ1n) is 6.36. The molecule has 0 saturated heterocycles. The Kier molecular flexibility index (Phi) is 5.14. The summed E-state index contributed by atoms with van der Waals surface area (Å²) in [5.41, 5.74) is 2.00. The molecule has 0 saturated carbocycles. The molecule has 0 unspecified atom stereocenters. The molecule has 2 aromatic rings. The number of aromatic nitrogens is 2. The number of aryl methyl sites for hydroxylation is 4. The van der Waals surface area contributed by atoms with Gasteiger partial charge in [0.15, 0.2) is 6.20 Å². The number of nitrogen functional groups attached to an aromatic ring is 1. The molecule has 0 spiro atoms. The topological polar surface area (TPSA) is 92.0 Å². The van der Waals surface area contributed by atoms with Gasteiger partial charge in [-0.1, -0.05) is 17.7 Å². The summed E-state index contributed by atoms with van der Waals surface area (Å²) in [5, 5.41) is 0. The van der Waals surface area contributed by atoms with E-state index in [2.05, 4.69) is 0 Å². The van der Waals surface area contributed by atoms with Gasteiger partial charge in [-0.2, -0.15) is 0 Å². The molecule has 0 radical (unpaired) electrons. The zero-order chi connectivity index (χ0) is 16.4. The normalized spacial score (nSPS) is 11.0. The fraction of sp³-hybridized carbons (Fsp3) is 0.357. The summed E-state index contributed by atoms with van der Waals surface area (Å²) in [6, 6.07) is 3.38. The number of hydrogen-bond acceptors (Lipinski definition) is 4. The maximum Gasteiger partial charge on any atom is 0.276 e. The van der Waals surface area contributed by atoms with Crippen LogP contribution in [0.25, 0.3) is 0 Å². The molecule has 6 nitrogen and oxygen atoms in total. The molecule has 2 N–H and O–H groups in total.